The highest BCUT2D eigenvalue weighted by atomic mass is 16.5. The lowest BCUT2D eigenvalue weighted by Gasteiger charge is -2.07. The highest BCUT2D eigenvalue weighted by molar-refractivity contribution is 6.07. The van der Waals surface area contributed by atoms with Gasteiger partial charge in [-0.15, -0.1) is 0 Å². The van der Waals surface area contributed by atoms with Gasteiger partial charge in [-0.1, -0.05) is 55.1 Å². The van der Waals surface area contributed by atoms with Crippen LogP contribution in [0.1, 0.15) is 10.4 Å². The minimum atomic E-state index is -0.200. The van der Waals surface area contributed by atoms with Crippen LogP contribution in [-0.2, 0) is 0 Å². The van der Waals surface area contributed by atoms with Crippen LogP contribution < -0.4 is 4.74 Å². The number of allylic oxidation sites excluding steroid dienone is 1. The molecule has 0 fully saturated rings. The molecule has 2 aromatic rings. The SMILES string of the molecule is C=C(Oc1ccccc1)C(=O)c1ccccc1. The molecule has 0 unspecified atom stereocenters. The van der Waals surface area contributed by atoms with E-state index >= 15 is 0 Å². The first-order chi connectivity index (χ1) is 8.27. The largest absolute Gasteiger partial charge is 0.454 e. The number of carbonyl (C=O) groups excluding carboxylic acids is 1. The summed E-state index contributed by atoms with van der Waals surface area (Å²) in [4.78, 5) is 11.9. The number of Topliss-reactive ketones (excluding diaryl/α,β-unsaturated/α-hetero) is 1. The van der Waals surface area contributed by atoms with E-state index in [0.29, 0.717) is 11.3 Å². The third kappa shape index (κ3) is 2.82. The Kier molecular flexibility index (Phi) is 3.36. The molecule has 0 heterocycles. The maximum atomic E-state index is 11.9. The Bertz CT molecular complexity index is 515. The minimum Gasteiger partial charge on any atom is -0.454 e. The van der Waals surface area contributed by atoms with E-state index in [1.54, 1.807) is 24.3 Å². The van der Waals surface area contributed by atoms with Gasteiger partial charge in [0, 0.05) is 5.56 Å². The molecular formula is C15H12O2. The molecule has 2 rings (SSSR count). The predicted molar refractivity (Wildman–Crippen MR) is 67.0 cm³/mol. The maximum absolute atomic E-state index is 11.9. The van der Waals surface area contributed by atoms with Crippen molar-refractivity contribution >= 4 is 5.78 Å². The van der Waals surface area contributed by atoms with Crippen molar-refractivity contribution < 1.29 is 9.53 Å². The molecule has 0 radical (unpaired) electrons. The van der Waals surface area contributed by atoms with E-state index in [2.05, 4.69) is 6.58 Å². The van der Waals surface area contributed by atoms with Gasteiger partial charge in [0.05, 0.1) is 0 Å². The zero-order valence-corrected chi connectivity index (χ0v) is 9.30. The first-order valence-corrected chi connectivity index (χ1v) is 5.29. The van der Waals surface area contributed by atoms with Gasteiger partial charge in [0.2, 0.25) is 5.78 Å². The highest BCUT2D eigenvalue weighted by Crippen LogP contribution is 2.14. The number of hydrogen-bond acceptors (Lipinski definition) is 2. The molecule has 0 saturated carbocycles. The lowest BCUT2D eigenvalue weighted by Crippen LogP contribution is -2.07. The molecule has 0 spiro atoms. The van der Waals surface area contributed by atoms with Crippen molar-refractivity contribution in [3.8, 4) is 5.75 Å². The normalized spacial score (nSPS) is 9.65. The molecule has 0 bridgehead atoms. The average molecular weight is 224 g/mol. The molecule has 0 aliphatic carbocycles. The molecule has 0 aliphatic heterocycles. The smallest absolute Gasteiger partial charge is 0.227 e. The molecule has 0 atom stereocenters. The molecule has 2 aromatic carbocycles. The Labute approximate surface area is 100 Å². The zero-order chi connectivity index (χ0) is 12.1. The fraction of sp³-hybridized carbons (Fsp3) is 0. The van der Waals surface area contributed by atoms with Crippen LogP contribution in [0.2, 0.25) is 0 Å². The second-order valence-electron chi connectivity index (χ2n) is 3.53. The van der Waals surface area contributed by atoms with E-state index in [-0.39, 0.29) is 11.5 Å². The molecule has 0 amide bonds. The zero-order valence-electron chi connectivity index (χ0n) is 9.30. The maximum Gasteiger partial charge on any atom is 0.227 e. The second-order valence-corrected chi connectivity index (χ2v) is 3.53. The molecule has 0 saturated heterocycles. The molecule has 2 nitrogen and oxygen atoms in total. The number of carbonyl (C=O) groups is 1. The van der Waals surface area contributed by atoms with Crippen LogP contribution in [-0.4, -0.2) is 5.78 Å². The summed E-state index contributed by atoms with van der Waals surface area (Å²) in [6.45, 7) is 3.65. The van der Waals surface area contributed by atoms with Gasteiger partial charge >= 0.3 is 0 Å². The van der Waals surface area contributed by atoms with Gasteiger partial charge in [-0.2, -0.15) is 0 Å². The molecule has 0 N–H and O–H groups in total. The van der Waals surface area contributed by atoms with Gasteiger partial charge in [0.25, 0.3) is 0 Å². The molecule has 2 heteroatoms. The van der Waals surface area contributed by atoms with Crippen LogP contribution in [0.4, 0.5) is 0 Å². The summed E-state index contributed by atoms with van der Waals surface area (Å²) in [5, 5.41) is 0. The fourth-order valence-corrected chi connectivity index (χ4v) is 1.43. The molecular weight excluding hydrogens is 212 g/mol. The van der Waals surface area contributed by atoms with Crippen LogP contribution in [0, 0.1) is 0 Å². The van der Waals surface area contributed by atoms with Crippen molar-refractivity contribution in [2.24, 2.45) is 0 Å². The van der Waals surface area contributed by atoms with Crippen molar-refractivity contribution in [1.82, 2.24) is 0 Å². The van der Waals surface area contributed by atoms with E-state index in [1.165, 1.54) is 0 Å². The Balaban J connectivity index is 2.09. The van der Waals surface area contributed by atoms with Crippen molar-refractivity contribution in [3.05, 3.63) is 78.6 Å². The van der Waals surface area contributed by atoms with Gasteiger partial charge in [-0.25, -0.2) is 0 Å². The first kappa shape index (κ1) is 11.1. The topological polar surface area (TPSA) is 26.3 Å². The van der Waals surface area contributed by atoms with Gasteiger partial charge in [0.1, 0.15) is 5.75 Å². The number of ether oxygens (including phenoxy) is 1. The Morgan fingerprint density at radius 3 is 2.00 bits per heavy atom. The minimum absolute atomic E-state index is 0.127. The average Bonchev–Trinajstić information content (AvgIpc) is 2.40. The standard InChI is InChI=1S/C15H12O2/c1-12(17-14-10-6-3-7-11-14)15(16)13-8-4-2-5-9-13/h2-11H,1H2. The number of benzene rings is 2. The predicted octanol–water partition coefficient (Wildman–Crippen LogP) is 3.46. The van der Waals surface area contributed by atoms with E-state index in [1.807, 2.05) is 36.4 Å². The van der Waals surface area contributed by atoms with E-state index in [4.69, 9.17) is 4.74 Å². The summed E-state index contributed by atoms with van der Waals surface area (Å²) in [6.07, 6.45) is 0. The fourth-order valence-electron chi connectivity index (χ4n) is 1.43. The lowest BCUT2D eigenvalue weighted by molar-refractivity contribution is 0.0987. The van der Waals surface area contributed by atoms with Gasteiger partial charge < -0.3 is 4.74 Å². The lowest BCUT2D eigenvalue weighted by atomic mass is 10.1. The summed E-state index contributed by atoms with van der Waals surface area (Å²) in [5.41, 5.74) is 0.577. The Morgan fingerprint density at radius 1 is 0.882 bits per heavy atom. The van der Waals surface area contributed by atoms with Crippen LogP contribution >= 0.6 is 0 Å². The van der Waals surface area contributed by atoms with Gasteiger partial charge in [-0.05, 0) is 12.1 Å². The molecule has 0 aromatic heterocycles. The number of rotatable bonds is 4. The quantitative estimate of drug-likeness (QED) is 0.451. The number of ketones is 1. The van der Waals surface area contributed by atoms with Gasteiger partial charge in [-0.3, -0.25) is 4.79 Å². The second kappa shape index (κ2) is 5.12. The Hall–Kier alpha value is -2.35. The van der Waals surface area contributed by atoms with E-state index < -0.39 is 0 Å². The van der Waals surface area contributed by atoms with Crippen LogP contribution in [0.3, 0.4) is 0 Å². The summed E-state index contributed by atoms with van der Waals surface area (Å²) >= 11 is 0. The molecule has 0 aliphatic rings. The van der Waals surface area contributed by atoms with Crippen molar-refractivity contribution in [1.29, 1.82) is 0 Å². The third-order valence-electron chi connectivity index (χ3n) is 2.27. The summed E-state index contributed by atoms with van der Waals surface area (Å²) in [6, 6.07) is 18.1. The van der Waals surface area contributed by atoms with Crippen LogP contribution in [0.25, 0.3) is 0 Å². The molecule has 17 heavy (non-hydrogen) atoms. The number of para-hydroxylation sites is 1. The molecule has 84 valence electrons. The monoisotopic (exact) mass is 224 g/mol. The summed E-state index contributed by atoms with van der Waals surface area (Å²) in [5.74, 6) is 0.540. The van der Waals surface area contributed by atoms with Gasteiger partial charge in [0.15, 0.2) is 5.76 Å². The number of hydrogen-bond donors (Lipinski definition) is 0. The van der Waals surface area contributed by atoms with Crippen molar-refractivity contribution in [2.75, 3.05) is 0 Å². The van der Waals surface area contributed by atoms with E-state index in [9.17, 15) is 4.79 Å². The third-order valence-corrected chi connectivity index (χ3v) is 2.27. The van der Waals surface area contributed by atoms with Crippen LogP contribution in [0.5, 0.6) is 5.75 Å². The van der Waals surface area contributed by atoms with Crippen LogP contribution in [0.15, 0.2) is 73.0 Å². The Morgan fingerprint density at radius 2 is 1.41 bits per heavy atom. The van der Waals surface area contributed by atoms with Crippen molar-refractivity contribution in [2.45, 2.75) is 0 Å². The summed E-state index contributed by atoms with van der Waals surface area (Å²) in [7, 11) is 0. The highest BCUT2D eigenvalue weighted by Gasteiger charge is 2.11. The summed E-state index contributed by atoms with van der Waals surface area (Å²) < 4.78 is 5.39. The van der Waals surface area contributed by atoms with E-state index in [0.717, 1.165) is 0 Å². The first-order valence-electron chi connectivity index (χ1n) is 5.29. The van der Waals surface area contributed by atoms with Crippen molar-refractivity contribution in [3.63, 3.8) is 0 Å².